The van der Waals surface area contributed by atoms with Gasteiger partial charge in [0, 0.05) is 30.3 Å². The number of aliphatic hydroxyl groups excluding tert-OH is 1. The molecule has 4 nitrogen and oxygen atoms in total. The van der Waals surface area contributed by atoms with Crippen LogP contribution in [0.1, 0.15) is 32.4 Å². The summed E-state index contributed by atoms with van der Waals surface area (Å²) in [6.45, 7) is 6.02. The lowest BCUT2D eigenvalue weighted by atomic mass is 10.0. The van der Waals surface area contributed by atoms with Gasteiger partial charge in [-0.2, -0.15) is 0 Å². The van der Waals surface area contributed by atoms with Gasteiger partial charge >= 0.3 is 0 Å². The Morgan fingerprint density at radius 3 is 2.35 bits per heavy atom. The van der Waals surface area contributed by atoms with Crippen molar-refractivity contribution in [2.24, 2.45) is 5.92 Å². The van der Waals surface area contributed by atoms with Crippen LogP contribution in [-0.4, -0.2) is 28.0 Å². The number of hydrogen-bond acceptors (Lipinski definition) is 4. The molecule has 1 aromatic carbocycles. The summed E-state index contributed by atoms with van der Waals surface area (Å²) in [4.78, 5) is 0. The van der Waals surface area contributed by atoms with Crippen molar-refractivity contribution in [2.45, 2.75) is 32.9 Å². The van der Waals surface area contributed by atoms with E-state index in [-0.39, 0.29) is 36.1 Å². The van der Waals surface area contributed by atoms with Crippen LogP contribution in [0.2, 0.25) is 0 Å². The van der Waals surface area contributed by atoms with Crippen LogP contribution >= 0.6 is 0 Å². The van der Waals surface area contributed by atoms with Gasteiger partial charge in [0.25, 0.3) is 0 Å². The van der Waals surface area contributed by atoms with Gasteiger partial charge in [0.15, 0.2) is 0 Å². The average Bonchev–Trinajstić information content (AvgIpc) is 2.27. The zero-order chi connectivity index (χ0) is 13.0. The lowest BCUT2D eigenvalue weighted by Gasteiger charge is -2.24. The molecule has 4 N–H and O–H groups in total. The molecule has 0 aromatic heterocycles. The number of aromatic hydroxyl groups is 2. The summed E-state index contributed by atoms with van der Waals surface area (Å²) in [6, 6.07) is 4.67. The molecule has 4 heteroatoms. The number of phenols is 2. The van der Waals surface area contributed by atoms with Crippen molar-refractivity contribution in [1.29, 1.82) is 0 Å². The van der Waals surface area contributed by atoms with Crippen LogP contribution in [-0.2, 0) is 0 Å². The number of hydrogen-bond donors (Lipinski definition) is 4. The maximum Gasteiger partial charge on any atom is 0.124 e. The summed E-state index contributed by atoms with van der Waals surface area (Å²) in [5.41, 5.74) is 0.736. The molecule has 1 aromatic rings. The highest BCUT2D eigenvalue weighted by molar-refractivity contribution is 5.40. The fraction of sp³-hybridized carbons (Fsp3) is 0.538. The van der Waals surface area contributed by atoms with Gasteiger partial charge in [0.2, 0.25) is 0 Å². The molecule has 0 amide bonds. The van der Waals surface area contributed by atoms with Gasteiger partial charge in [-0.05, 0) is 25.8 Å². The number of benzene rings is 1. The largest absolute Gasteiger partial charge is 0.508 e. The Bertz CT molecular complexity index is 368. The highest BCUT2D eigenvalue weighted by atomic mass is 16.3. The summed E-state index contributed by atoms with van der Waals surface area (Å²) in [5, 5.41) is 31.3. The maximum atomic E-state index is 9.72. The van der Waals surface area contributed by atoms with Gasteiger partial charge in [-0.3, -0.25) is 0 Å². The van der Waals surface area contributed by atoms with Crippen molar-refractivity contribution in [2.75, 3.05) is 6.61 Å². The van der Waals surface area contributed by atoms with E-state index in [9.17, 15) is 10.2 Å². The molecule has 0 spiro atoms. The Morgan fingerprint density at radius 1 is 1.18 bits per heavy atom. The quantitative estimate of drug-likeness (QED) is 0.632. The second kappa shape index (κ2) is 5.89. The minimum absolute atomic E-state index is 0.0420. The third kappa shape index (κ3) is 3.61. The molecule has 0 aliphatic heterocycles. The van der Waals surface area contributed by atoms with E-state index in [0.29, 0.717) is 0 Å². The van der Waals surface area contributed by atoms with Crippen molar-refractivity contribution in [3.63, 3.8) is 0 Å². The van der Waals surface area contributed by atoms with Gasteiger partial charge in [-0.1, -0.05) is 13.0 Å². The van der Waals surface area contributed by atoms with E-state index in [2.05, 4.69) is 5.32 Å². The molecule has 17 heavy (non-hydrogen) atoms. The molecule has 0 aliphatic rings. The monoisotopic (exact) mass is 239 g/mol. The summed E-state index contributed by atoms with van der Waals surface area (Å²) >= 11 is 0. The summed E-state index contributed by atoms with van der Waals surface area (Å²) < 4.78 is 0. The predicted octanol–water partition coefficient (Wildman–Crippen LogP) is 1.77. The summed E-state index contributed by atoms with van der Waals surface area (Å²) in [6.07, 6.45) is 0. The Hall–Kier alpha value is -1.26. The molecular formula is C13H21NO3. The van der Waals surface area contributed by atoms with E-state index in [1.165, 1.54) is 6.07 Å². The Morgan fingerprint density at radius 2 is 1.82 bits per heavy atom. The van der Waals surface area contributed by atoms with E-state index < -0.39 is 0 Å². The van der Waals surface area contributed by atoms with Crippen LogP contribution in [0.15, 0.2) is 18.2 Å². The van der Waals surface area contributed by atoms with E-state index in [4.69, 9.17) is 5.11 Å². The minimum atomic E-state index is -0.0420. The molecule has 3 atom stereocenters. The van der Waals surface area contributed by atoms with Crippen molar-refractivity contribution < 1.29 is 15.3 Å². The molecule has 0 bridgehead atoms. The third-order valence-corrected chi connectivity index (χ3v) is 3.13. The molecule has 3 unspecified atom stereocenters. The Labute approximate surface area is 102 Å². The average molecular weight is 239 g/mol. The molecule has 0 saturated heterocycles. The number of nitrogens with one attached hydrogen (secondary N) is 1. The number of rotatable bonds is 5. The lowest BCUT2D eigenvalue weighted by molar-refractivity contribution is 0.202. The zero-order valence-electron chi connectivity index (χ0n) is 10.5. The maximum absolute atomic E-state index is 9.72. The Balaban J connectivity index is 2.72. The molecule has 1 rings (SSSR count). The van der Waals surface area contributed by atoms with Gasteiger partial charge in [0.05, 0.1) is 0 Å². The van der Waals surface area contributed by atoms with E-state index in [0.717, 1.165) is 5.56 Å². The molecule has 0 fully saturated rings. The SMILES string of the molecule is CC(NC(C)C(C)CO)c1ccc(O)cc1O. The summed E-state index contributed by atoms with van der Waals surface area (Å²) in [7, 11) is 0. The highest BCUT2D eigenvalue weighted by Crippen LogP contribution is 2.28. The zero-order valence-corrected chi connectivity index (χ0v) is 10.5. The van der Waals surface area contributed by atoms with Crippen molar-refractivity contribution in [1.82, 2.24) is 5.32 Å². The minimum Gasteiger partial charge on any atom is -0.508 e. The molecule has 0 saturated carbocycles. The number of aliphatic hydroxyl groups is 1. The second-order valence-corrected chi connectivity index (χ2v) is 4.58. The third-order valence-electron chi connectivity index (χ3n) is 3.13. The van der Waals surface area contributed by atoms with Crippen LogP contribution in [0.4, 0.5) is 0 Å². The van der Waals surface area contributed by atoms with Crippen LogP contribution in [0.25, 0.3) is 0 Å². The van der Waals surface area contributed by atoms with Crippen molar-refractivity contribution >= 4 is 0 Å². The normalized spacial score (nSPS) is 16.5. The first kappa shape index (κ1) is 13.8. The number of phenolic OH excluding ortho intramolecular Hbond substituents is 2. The fourth-order valence-corrected chi connectivity index (χ4v) is 1.70. The Kier molecular flexibility index (Phi) is 4.78. The van der Waals surface area contributed by atoms with Gasteiger partial charge in [-0.15, -0.1) is 0 Å². The van der Waals surface area contributed by atoms with Gasteiger partial charge < -0.3 is 20.6 Å². The first-order valence-electron chi connectivity index (χ1n) is 5.84. The van der Waals surface area contributed by atoms with E-state index in [1.54, 1.807) is 12.1 Å². The highest BCUT2D eigenvalue weighted by Gasteiger charge is 2.16. The standard InChI is InChI=1S/C13H21NO3/c1-8(7-15)9(2)14-10(3)12-5-4-11(16)6-13(12)17/h4-6,8-10,14-17H,7H2,1-3H3. The van der Waals surface area contributed by atoms with Crippen LogP contribution in [0.5, 0.6) is 11.5 Å². The summed E-state index contributed by atoms with van der Waals surface area (Å²) in [5.74, 6) is 0.279. The molecular weight excluding hydrogens is 218 g/mol. The molecule has 0 heterocycles. The van der Waals surface area contributed by atoms with E-state index in [1.807, 2.05) is 20.8 Å². The molecule has 96 valence electrons. The lowest BCUT2D eigenvalue weighted by Crippen LogP contribution is -2.35. The second-order valence-electron chi connectivity index (χ2n) is 4.58. The first-order chi connectivity index (χ1) is 7.95. The van der Waals surface area contributed by atoms with Crippen LogP contribution in [0.3, 0.4) is 0 Å². The van der Waals surface area contributed by atoms with E-state index >= 15 is 0 Å². The smallest absolute Gasteiger partial charge is 0.124 e. The topological polar surface area (TPSA) is 72.7 Å². The first-order valence-corrected chi connectivity index (χ1v) is 5.84. The van der Waals surface area contributed by atoms with Crippen LogP contribution < -0.4 is 5.32 Å². The fourth-order valence-electron chi connectivity index (χ4n) is 1.70. The van der Waals surface area contributed by atoms with Crippen molar-refractivity contribution in [3.8, 4) is 11.5 Å². The molecule has 0 aliphatic carbocycles. The molecule has 0 radical (unpaired) electrons. The van der Waals surface area contributed by atoms with Gasteiger partial charge in [0.1, 0.15) is 11.5 Å². The predicted molar refractivity (Wildman–Crippen MR) is 67.0 cm³/mol. The van der Waals surface area contributed by atoms with Crippen LogP contribution in [0, 0.1) is 5.92 Å². The van der Waals surface area contributed by atoms with Crippen molar-refractivity contribution in [3.05, 3.63) is 23.8 Å². The van der Waals surface area contributed by atoms with Gasteiger partial charge in [-0.25, -0.2) is 0 Å².